The van der Waals surface area contributed by atoms with Crippen LogP contribution in [0.5, 0.6) is 5.75 Å². The van der Waals surface area contributed by atoms with Crippen LogP contribution in [0, 0.1) is 0 Å². The summed E-state index contributed by atoms with van der Waals surface area (Å²) in [5, 5.41) is 0.587. The molecule has 0 radical (unpaired) electrons. The molecule has 0 aliphatic rings. The van der Waals surface area contributed by atoms with Crippen molar-refractivity contribution in [3.8, 4) is 5.75 Å². The van der Waals surface area contributed by atoms with Gasteiger partial charge in [0.25, 0.3) is 0 Å². The molecule has 0 aliphatic heterocycles. The first-order valence-corrected chi connectivity index (χ1v) is 7.22. The maximum Gasteiger partial charge on any atom is 0.156 e. The Labute approximate surface area is 126 Å². The number of anilines is 1. The van der Waals surface area contributed by atoms with Crippen LogP contribution in [-0.2, 0) is 13.0 Å². The topological polar surface area (TPSA) is 35.2 Å². The molecular formula is C15H15BrClNO. The Morgan fingerprint density at radius 3 is 2.37 bits per heavy atom. The number of hydrogen-bond donors (Lipinski definition) is 1. The number of aryl methyl sites for hydroxylation is 1. The Morgan fingerprint density at radius 2 is 1.79 bits per heavy atom. The van der Waals surface area contributed by atoms with Crippen LogP contribution in [0.2, 0.25) is 5.02 Å². The number of nitrogens with two attached hydrogens (primary N) is 1. The van der Waals surface area contributed by atoms with Crippen molar-refractivity contribution in [3.05, 3.63) is 57.0 Å². The molecule has 0 spiro atoms. The Kier molecular flexibility index (Phi) is 4.72. The highest BCUT2D eigenvalue weighted by Gasteiger charge is 2.08. The molecular weight excluding hydrogens is 326 g/mol. The maximum atomic E-state index is 5.91. The molecule has 4 heteroatoms. The molecule has 0 bridgehead atoms. The summed E-state index contributed by atoms with van der Waals surface area (Å²) in [4.78, 5) is 0. The molecule has 100 valence electrons. The third-order valence-electron chi connectivity index (χ3n) is 2.85. The van der Waals surface area contributed by atoms with E-state index in [9.17, 15) is 0 Å². The van der Waals surface area contributed by atoms with Crippen LogP contribution in [0.25, 0.3) is 0 Å². The lowest BCUT2D eigenvalue weighted by molar-refractivity contribution is 0.306. The van der Waals surface area contributed by atoms with Gasteiger partial charge < -0.3 is 10.5 Å². The van der Waals surface area contributed by atoms with Gasteiger partial charge in [0.1, 0.15) is 6.61 Å². The molecule has 19 heavy (non-hydrogen) atoms. The highest BCUT2D eigenvalue weighted by Crippen LogP contribution is 2.35. The highest BCUT2D eigenvalue weighted by atomic mass is 79.9. The van der Waals surface area contributed by atoms with Gasteiger partial charge in [0.05, 0.1) is 10.2 Å². The minimum absolute atomic E-state index is 0.481. The number of benzene rings is 2. The van der Waals surface area contributed by atoms with Crippen molar-refractivity contribution >= 4 is 33.2 Å². The first-order chi connectivity index (χ1) is 9.10. The quantitative estimate of drug-likeness (QED) is 0.809. The Balaban J connectivity index is 2.10. The van der Waals surface area contributed by atoms with Crippen molar-refractivity contribution in [2.75, 3.05) is 5.73 Å². The summed E-state index contributed by atoms with van der Waals surface area (Å²) >= 11 is 9.31. The molecule has 0 saturated carbocycles. The molecule has 0 amide bonds. The first-order valence-electron chi connectivity index (χ1n) is 6.05. The van der Waals surface area contributed by atoms with Crippen LogP contribution in [0.1, 0.15) is 18.1 Å². The monoisotopic (exact) mass is 339 g/mol. The molecule has 2 aromatic carbocycles. The van der Waals surface area contributed by atoms with E-state index in [1.54, 1.807) is 12.1 Å². The number of nitrogen functional groups attached to an aromatic ring is 1. The summed E-state index contributed by atoms with van der Waals surface area (Å²) in [5.74, 6) is 0.629. The lowest BCUT2D eigenvalue weighted by atomic mass is 10.1. The van der Waals surface area contributed by atoms with Gasteiger partial charge in [-0.15, -0.1) is 0 Å². The fourth-order valence-corrected chi connectivity index (χ4v) is 2.71. The van der Waals surface area contributed by atoms with Gasteiger partial charge >= 0.3 is 0 Å². The lowest BCUT2D eigenvalue weighted by Gasteiger charge is -2.11. The van der Waals surface area contributed by atoms with Crippen molar-refractivity contribution in [3.63, 3.8) is 0 Å². The van der Waals surface area contributed by atoms with E-state index in [4.69, 9.17) is 22.1 Å². The van der Waals surface area contributed by atoms with Gasteiger partial charge in [0.15, 0.2) is 5.75 Å². The third kappa shape index (κ3) is 3.64. The fraction of sp³-hybridized carbons (Fsp3) is 0.200. The van der Waals surface area contributed by atoms with E-state index in [1.807, 2.05) is 0 Å². The zero-order valence-corrected chi connectivity index (χ0v) is 13.0. The van der Waals surface area contributed by atoms with Gasteiger partial charge in [-0.2, -0.15) is 0 Å². The van der Waals surface area contributed by atoms with Crippen molar-refractivity contribution in [1.29, 1.82) is 0 Å². The van der Waals surface area contributed by atoms with Gasteiger partial charge in [-0.05, 0) is 45.6 Å². The summed E-state index contributed by atoms with van der Waals surface area (Å²) in [6, 6.07) is 11.8. The summed E-state index contributed by atoms with van der Waals surface area (Å²) in [7, 11) is 0. The van der Waals surface area contributed by atoms with E-state index in [0.717, 1.165) is 16.5 Å². The predicted octanol–water partition coefficient (Wildman–Crippen LogP) is 4.83. The Bertz CT molecular complexity index is 546. The number of halogens is 2. The van der Waals surface area contributed by atoms with E-state index in [-0.39, 0.29) is 0 Å². The number of rotatable bonds is 4. The SMILES string of the molecule is CCc1ccc(COc2c(N)cc(Cl)cc2Br)cc1. The van der Waals surface area contributed by atoms with Crippen molar-refractivity contribution in [1.82, 2.24) is 0 Å². The Hall–Kier alpha value is -1.19. The molecule has 2 nitrogen and oxygen atoms in total. The van der Waals surface area contributed by atoms with E-state index in [2.05, 4.69) is 47.1 Å². The number of ether oxygens (including phenoxy) is 1. The standard InChI is InChI=1S/C15H15BrClNO/c1-2-10-3-5-11(6-4-10)9-19-15-13(16)7-12(17)8-14(15)18/h3-8H,2,9,18H2,1H3. The van der Waals surface area contributed by atoms with E-state index >= 15 is 0 Å². The predicted molar refractivity (Wildman–Crippen MR) is 83.7 cm³/mol. The van der Waals surface area contributed by atoms with Crippen LogP contribution in [0.15, 0.2) is 40.9 Å². The van der Waals surface area contributed by atoms with E-state index in [1.165, 1.54) is 5.56 Å². The van der Waals surface area contributed by atoms with Gasteiger partial charge in [0.2, 0.25) is 0 Å². The van der Waals surface area contributed by atoms with E-state index < -0.39 is 0 Å². The van der Waals surface area contributed by atoms with Crippen LogP contribution in [0.4, 0.5) is 5.69 Å². The zero-order valence-electron chi connectivity index (χ0n) is 10.6. The summed E-state index contributed by atoms with van der Waals surface area (Å²) in [6.45, 7) is 2.62. The van der Waals surface area contributed by atoms with Crippen LogP contribution in [0.3, 0.4) is 0 Å². The molecule has 2 rings (SSSR count). The average molecular weight is 341 g/mol. The molecule has 0 fully saturated rings. The lowest BCUT2D eigenvalue weighted by Crippen LogP contribution is -2.00. The van der Waals surface area contributed by atoms with Crippen molar-refractivity contribution in [2.45, 2.75) is 20.0 Å². The molecule has 0 aromatic heterocycles. The first kappa shape index (κ1) is 14.2. The van der Waals surface area contributed by atoms with Gasteiger partial charge in [-0.25, -0.2) is 0 Å². The van der Waals surface area contributed by atoms with Crippen LogP contribution in [-0.4, -0.2) is 0 Å². The summed E-state index contributed by atoms with van der Waals surface area (Å²) in [5.41, 5.74) is 8.85. The summed E-state index contributed by atoms with van der Waals surface area (Å²) in [6.07, 6.45) is 1.04. The highest BCUT2D eigenvalue weighted by molar-refractivity contribution is 9.10. The second kappa shape index (κ2) is 6.31. The van der Waals surface area contributed by atoms with Crippen LogP contribution >= 0.6 is 27.5 Å². The molecule has 0 atom stereocenters. The zero-order chi connectivity index (χ0) is 13.8. The molecule has 0 unspecified atom stereocenters. The minimum atomic E-state index is 0.481. The van der Waals surface area contributed by atoms with Crippen LogP contribution < -0.4 is 10.5 Å². The van der Waals surface area contributed by atoms with E-state index in [0.29, 0.717) is 23.1 Å². The fourth-order valence-electron chi connectivity index (χ4n) is 1.76. The molecule has 2 N–H and O–H groups in total. The van der Waals surface area contributed by atoms with Gasteiger partial charge in [-0.3, -0.25) is 0 Å². The third-order valence-corrected chi connectivity index (χ3v) is 3.66. The normalized spacial score (nSPS) is 10.5. The summed E-state index contributed by atoms with van der Waals surface area (Å²) < 4.78 is 6.52. The second-order valence-electron chi connectivity index (χ2n) is 4.26. The largest absolute Gasteiger partial charge is 0.486 e. The molecule has 0 heterocycles. The van der Waals surface area contributed by atoms with Gasteiger partial charge in [0, 0.05) is 5.02 Å². The van der Waals surface area contributed by atoms with Gasteiger partial charge in [-0.1, -0.05) is 42.8 Å². The average Bonchev–Trinajstić information content (AvgIpc) is 2.38. The maximum absolute atomic E-state index is 5.91. The molecule has 0 saturated heterocycles. The van der Waals surface area contributed by atoms with Crippen molar-refractivity contribution < 1.29 is 4.74 Å². The smallest absolute Gasteiger partial charge is 0.156 e. The Morgan fingerprint density at radius 1 is 1.16 bits per heavy atom. The molecule has 0 aliphatic carbocycles. The van der Waals surface area contributed by atoms with Crippen molar-refractivity contribution in [2.24, 2.45) is 0 Å². The number of hydrogen-bond acceptors (Lipinski definition) is 2. The second-order valence-corrected chi connectivity index (χ2v) is 5.56. The minimum Gasteiger partial charge on any atom is -0.486 e. The molecule has 2 aromatic rings.